The summed E-state index contributed by atoms with van der Waals surface area (Å²) in [5.41, 5.74) is 7.18. The Kier molecular flexibility index (Phi) is 5.82. The molecule has 0 bridgehead atoms. The average molecular weight is 412 g/mol. The third-order valence-corrected chi connectivity index (χ3v) is 5.75. The van der Waals surface area contributed by atoms with E-state index in [0.29, 0.717) is 22.2 Å². The van der Waals surface area contributed by atoms with Crippen LogP contribution < -0.4 is 10.6 Å². The molecular formula is C21H22FN5OS. The number of hydrogen-bond donors (Lipinski definition) is 1. The van der Waals surface area contributed by atoms with E-state index < -0.39 is 6.03 Å². The summed E-state index contributed by atoms with van der Waals surface area (Å²) < 4.78 is 13.5. The zero-order chi connectivity index (χ0) is 20.2. The van der Waals surface area contributed by atoms with Gasteiger partial charge in [0.2, 0.25) is 0 Å². The zero-order valence-corrected chi connectivity index (χ0v) is 16.7. The van der Waals surface area contributed by atoms with Gasteiger partial charge in [0.15, 0.2) is 5.82 Å². The van der Waals surface area contributed by atoms with Gasteiger partial charge in [-0.2, -0.15) is 0 Å². The van der Waals surface area contributed by atoms with Gasteiger partial charge in [-0.1, -0.05) is 24.6 Å². The number of halogens is 1. The number of benzene rings is 1. The molecule has 29 heavy (non-hydrogen) atoms. The lowest BCUT2D eigenvalue weighted by Gasteiger charge is -2.26. The number of rotatable bonds is 5. The molecule has 1 saturated heterocycles. The van der Waals surface area contributed by atoms with Gasteiger partial charge < -0.3 is 5.73 Å². The van der Waals surface area contributed by atoms with E-state index in [1.165, 1.54) is 47.6 Å². The lowest BCUT2D eigenvalue weighted by Crippen LogP contribution is -2.33. The highest BCUT2D eigenvalue weighted by molar-refractivity contribution is 7.13. The van der Waals surface area contributed by atoms with Crippen molar-refractivity contribution in [2.75, 3.05) is 18.0 Å². The van der Waals surface area contributed by atoms with E-state index in [-0.39, 0.29) is 5.82 Å². The number of likely N-dealkylation sites (tertiary alicyclic amines) is 1. The number of nitrogens with zero attached hydrogens (tertiary/aromatic N) is 4. The first-order valence-corrected chi connectivity index (χ1v) is 10.5. The number of primary amides is 1. The fourth-order valence-electron chi connectivity index (χ4n) is 3.49. The lowest BCUT2D eigenvalue weighted by atomic mass is 10.1. The van der Waals surface area contributed by atoms with Gasteiger partial charge in [-0.15, -0.1) is 11.3 Å². The number of amides is 2. The molecule has 3 aromatic rings. The van der Waals surface area contributed by atoms with E-state index in [4.69, 9.17) is 5.73 Å². The molecular weight excluding hydrogens is 389 g/mol. The molecule has 0 radical (unpaired) electrons. The van der Waals surface area contributed by atoms with Crippen molar-refractivity contribution < 1.29 is 9.18 Å². The molecule has 0 aliphatic carbocycles. The van der Waals surface area contributed by atoms with Crippen molar-refractivity contribution in [3.05, 3.63) is 59.4 Å². The lowest BCUT2D eigenvalue weighted by molar-refractivity contribution is 0.218. The van der Waals surface area contributed by atoms with Gasteiger partial charge in [0.05, 0.1) is 5.69 Å². The number of aromatic nitrogens is 2. The molecule has 2 N–H and O–H groups in total. The van der Waals surface area contributed by atoms with Crippen LogP contribution in [0.2, 0.25) is 0 Å². The van der Waals surface area contributed by atoms with Crippen molar-refractivity contribution in [3.8, 4) is 10.6 Å². The molecule has 0 saturated carbocycles. The predicted molar refractivity (Wildman–Crippen MR) is 113 cm³/mol. The summed E-state index contributed by atoms with van der Waals surface area (Å²) in [6.45, 7) is 2.87. The average Bonchev–Trinajstić information content (AvgIpc) is 3.18. The highest BCUT2D eigenvalue weighted by Crippen LogP contribution is 2.31. The van der Waals surface area contributed by atoms with Crippen LogP contribution in [0.5, 0.6) is 0 Å². The van der Waals surface area contributed by atoms with Gasteiger partial charge in [-0.05, 0) is 50.2 Å². The van der Waals surface area contributed by atoms with Crippen molar-refractivity contribution in [1.82, 2.24) is 14.9 Å². The van der Waals surface area contributed by atoms with Gasteiger partial charge in [0, 0.05) is 17.5 Å². The summed E-state index contributed by atoms with van der Waals surface area (Å²) in [6.07, 6.45) is 3.68. The first-order chi connectivity index (χ1) is 14.1. The number of anilines is 2. The number of urea groups is 1. The molecule has 2 aromatic heterocycles. The Morgan fingerprint density at radius 1 is 1.10 bits per heavy atom. The van der Waals surface area contributed by atoms with Crippen LogP contribution in [0.3, 0.4) is 0 Å². The Labute approximate surface area is 172 Å². The van der Waals surface area contributed by atoms with Crippen LogP contribution in [0.1, 0.15) is 25.0 Å². The molecule has 6 nitrogen and oxygen atoms in total. The number of pyridine rings is 1. The number of thiazole rings is 1. The molecule has 8 heteroatoms. The molecule has 1 fully saturated rings. The van der Waals surface area contributed by atoms with Crippen LogP contribution in [0, 0.1) is 5.82 Å². The zero-order valence-electron chi connectivity index (χ0n) is 15.9. The fourth-order valence-corrected chi connectivity index (χ4v) is 4.28. The van der Waals surface area contributed by atoms with Crippen LogP contribution >= 0.6 is 11.3 Å². The molecule has 3 heterocycles. The predicted octanol–water partition coefficient (Wildman–Crippen LogP) is 4.55. The standard InChI is InChI=1S/C21H22FN5OS/c22-16-7-4-6-15(12-16)20-25-19(14-29-20)27(21(23)28)18-9-5-8-17(24-18)13-26-10-2-1-3-11-26/h4-9,12,14H,1-3,10-11,13H2,(H2,23,28). The summed E-state index contributed by atoms with van der Waals surface area (Å²) in [5, 5.41) is 2.33. The summed E-state index contributed by atoms with van der Waals surface area (Å²) in [7, 11) is 0. The van der Waals surface area contributed by atoms with E-state index in [1.807, 2.05) is 12.1 Å². The Morgan fingerprint density at radius 2 is 1.90 bits per heavy atom. The van der Waals surface area contributed by atoms with Crippen LogP contribution in [-0.4, -0.2) is 34.0 Å². The number of hydrogen-bond acceptors (Lipinski definition) is 5. The third kappa shape index (κ3) is 4.60. The summed E-state index contributed by atoms with van der Waals surface area (Å²) >= 11 is 1.32. The molecule has 1 aliphatic rings. The van der Waals surface area contributed by atoms with Gasteiger partial charge in [-0.3, -0.25) is 4.90 Å². The van der Waals surface area contributed by atoms with E-state index in [1.54, 1.807) is 23.6 Å². The van der Waals surface area contributed by atoms with Crippen molar-refractivity contribution >= 4 is 29.0 Å². The van der Waals surface area contributed by atoms with Crippen LogP contribution in [-0.2, 0) is 6.54 Å². The minimum atomic E-state index is -0.663. The fraction of sp³-hybridized carbons (Fsp3) is 0.286. The van der Waals surface area contributed by atoms with Crippen molar-refractivity contribution in [1.29, 1.82) is 0 Å². The minimum absolute atomic E-state index is 0.335. The first-order valence-electron chi connectivity index (χ1n) is 9.59. The summed E-state index contributed by atoms with van der Waals surface area (Å²) in [6, 6.07) is 11.1. The largest absolute Gasteiger partial charge is 0.351 e. The van der Waals surface area contributed by atoms with Crippen LogP contribution in [0.15, 0.2) is 47.8 Å². The second-order valence-corrected chi connectivity index (χ2v) is 7.88. The maximum absolute atomic E-state index is 13.5. The number of carbonyl (C=O) groups excluding carboxylic acids is 1. The van der Waals surface area contributed by atoms with Crippen molar-refractivity contribution in [3.63, 3.8) is 0 Å². The number of piperidine rings is 1. The van der Waals surface area contributed by atoms with Crippen molar-refractivity contribution in [2.45, 2.75) is 25.8 Å². The highest BCUT2D eigenvalue weighted by atomic mass is 32.1. The maximum Gasteiger partial charge on any atom is 0.326 e. The van der Waals surface area contributed by atoms with Crippen LogP contribution in [0.4, 0.5) is 20.8 Å². The van der Waals surface area contributed by atoms with Gasteiger partial charge in [0.1, 0.15) is 16.6 Å². The smallest absolute Gasteiger partial charge is 0.326 e. The van der Waals surface area contributed by atoms with E-state index in [2.05, 4.69) is 14.9 Å². The molecule has 1 aliphatic heterocycles. The molecule has 0 spiro atoms. The van der Waals surface area contributed by atoms with Crippen molar-refractivity contribution in [2.24, 2.45) is 5.73 Å². The molecule has 0 atom stereocenters. The molecule has 1 aromatic carbocycles. The number of carbonyl (C=O) groups is 1. The second-order valence-electron chi connectivity index (χ2n) is 7.02. The van der Waals surface area contributed by atoms with E-state index >= 15 is 0 Å². The monoisotopic (exact) mass is 411 g/mol. The Hall–Kier alpha value is -2.84. The second kappa shape index (κ2) is 8.67. The number of nitrogens with two attached hydrogens (primary N) is 1. The Morgan fingerprint density at radius 3 is 2.66 bits per heavy atom. The minimum Gasteiger partial charge on any atom is -0.351 e. The van der Waals surface area contributed by atoms with Gasteiger partial charge in [0.25, 0.3) is 0 Å². The molecule has 150 valence electrons. The molecule has 4 rings (SSSR count). The first kappa shape index (κ1) is 19.5. The Balaban J connectivity index is 1.60. The highest BCUT2D eigenvalue weighted by Gasteiger charge is 2.21. The van der Waals surface area contributed by atoms with Crippen LogP contribution in [0.25, 0.3) is 10.6 Å². The van der Waals surface area contributed by atoms with E-state index in [0.717, 1.165) is 25.3 Å². The SMILES string of the molecule is NC(=O)N(c1cccc(CN2CCCCC2)n1)c1csc(-c2cccc(F)c2)n1. The summed E-state index contributed by atoms with van der Waals surface area (Å²) in [4.78, 5) is 25.0. The molecule has 2 amide bonds. The maximum atomic E-state index is 13.5. The van der Waals surface area contributed by atoms with E-state index in [9.17, 15) is 9.18 Å². The third-order valence-electron chi connectivity index (χ3n) is 4.87. The Bertz CT molecular complexity index is 1000. The van der Waals surface area contributed by atoms with Gasteiger partial charge >= 0.3 is 6.03 Å². The quantitative estimate of drug-likeness (QED) is 0.668. The summed E-state index contributed by atoms with van der Waals surface area (Å²) in [5.74, 6) is 0.477. The topological polar surface area (TPSA) is 75.4 Å². The normalized spacial score (nSPS) is 14.7. The van der Waals surface area contributed by atoms with Gasteiger partial charge in [-0.25, -0.2) is 24.1 Å². The molecule has 0 unspecified atom stereocenters.